The number of hydrogen-bond donors (Lipinski definition) is 2. The zero-order chi connectivity index (χ0) is 22.8. The molecule has 32 heavy (non-hydrogen) atoms. The summed E-state index contributed by atoms with van der Waals surface area (Å²) in [6.45, 7) is 0.757. The molecule has 0 saturated heterocycles. The fourth-order valence-corrected chi connectivity index (χ4v) is 3.68. The lowest BCUT2D eigenvalue weighted by atomic mass is 10.0. The highest BCUT2D eigenvalue weighted by Crippen LogP contribution is 2.26. The Morgan fingerprint density at radius 2 is 1.97 bits per heavy atom. The molecule has 3 N–H and O–H groups in total. The molecule has 0 radical (unpaired) electrons. The molecule has 164 valence electrons. The van der Waals surface area contributed by atoms with E-state index < -0.39 is 5.91 Å². The molecule has 1 aliphatic rings. The summed E-state index contributed by atoms with van der Waals surface area (Å²) < 4.78 is 6.64. The summed E-state index contributed by atoms with van der Waals surface area (Å²) in [6.07, 6.45) is 2.04. The fraction of sp³-hybridized carbons (Fsp3) is 0.217. The van der Waals surface area contributed by atoms with Gasteiger partial charge < -0.3 is 25.3 Å². The number of carbonyl (C=O) groups excluding carboxylic acids is 2. The van der Waals surface area contributed by atoms with Crippen molar-refractivity contribution >= 4 is 23.3 Å². The van der Waals surface area contributed by atoms with Gasteiger partial charge in [-0.05, 0) is 29.8 Å². The predicted molar refractivity (Wildman–Crippen MR) is 120 cm³/mol. The maximum Gasteiger partial charge on any atom is 0.259 e. The van der Waals surface area contributed by atoms with E-state index in [1.165, 1.54) is 30.0 Å². The number of nitrogen functional groups attached to an aromatic ring is 1. The molecule has 2 amide bonds. The summed E-state index contributed by atoms with van der Waals surface area (Å²) in [4.78, 5) is 43.5. The Hall–Kier alpha value is -4.14. The van der Waals surface area contributed by atoms with E-state index in [-0.39, 0.29) is 22.8 Å². The zero-order valence-electron chi connectivity index (χ0n) is 17.8. The number of nitrogens with one attached hydrogen (secondary N) is 1. The Labute approximate surface area is 184 Å². The monoisotopic (exact) mass is 433 g/mol. The number of rotatable bonds is 4. The Morgan fingerprint density at radius 3 is 2.72 bits per heavy atom. The number of anilines is 2. The van der Waals surface area contributed by atoms with Crippen LogP contribution in [0.4, 0.5) is 11.5 Å². The van der Waals surface area contributed by atoms with Crippen LogP contribution >= 0.6 is 0 Å². The zero-order valence-corrected chi connectivity index (χ0v) is 17.8. The molecule has 0 fully saturated rings. The topological polar surface area (TPSA) is 120 Å². The number of pyridine rings is 2. The van der Waals surface area contributed by atoms with Gasteiger partial charge in [0.1, 0.15) is 11.6 Å². The van der Waals surface area contributed by atoms with Crippen LogP contribution in [-0.4, -0.2) is 39.9 Å². The van der Waals surface area contributed by atoms with E-state index in [9.17, 15) is 14.4 Å². The van der Waals surface area contributed by atoms with E-state index in [2.05, 4.69) is 10.3 Å². The second kappa shape index (κ2) is 8.54. The van der Waals surface area contributed by atoms with Gasteiger partial charge in [-0.3, -0.25) is 14.4 Å². The maximum absolute atomic E-state index is 12.9. The molecule has 2 aromatic heterocycles. The van der Waals surface area contributed by atoms with Crippen LogP contribution in [0.15, 0.2) is 53.5 Å². The SMILES string of the molecule is COc1ccccc1NC(=O)c1cc2c(nc1N)CCN(C(=O)c1ccc(=O)n(C)c1)C2. The standard InChI is InChI=1S/C23H23N5O4/c1-27-12-14(7-8-20(27)29)23(31)28-10-9-17-15(13-28)11-16(21(24)25-17)22(30)26-18-5-3-4-6-19(18)32-2/h3-8,11-12H,9-10,13H2,1-2H3,(H2,24,25)(H,26,30). The number of para-hydroxylation sites is 2. The van der Waals surface area contributed by atoms with Crippen molar-refractivity contribution in [1.29, 1.82) is 0 Å². The quantitative estimate of drug-likeness (QED) is 0.648. The predicted octanol–water partition coefficient (Wildman–Crippen LogP) is 1.82. The average Bonchev–Trinajstić information content (AvgIpc) is 2.80. The van der Waals surface area contributed by atoms with E-state index in [1.807, 2.05) is 0 Å². The van der Waals surface area contributed by atoms with Gasteiger partial charge in [-0.2, -0.15) is 0 Å². The number of aromatic nitrogens is 2. The summed E-state index contributed by atoms with van der Waals surface area (Å²) >= 11 is 0. The van der Waals surface area contributed by atoms with Gasteiger partial charge in [0.2, 0.25) is 5.56 Å². The number of aryl methyl sites for hydroxylation is 1. The van der Waals surface area contributed by atoms with Gasteiger partial charge in [-0.1, -0.05) is 12.1 Å². The van der Waals surface area contributed by atoms with Crippen molar-refractivity contribution in [2.24, 2.45) is 7.05 Å². The van der Waals surface area contributed by atoms with E-state index in [1.54, 1.807) is 42.3 Å². The first-order chi connectivity index (χ1) is 15.4. The summed E-state index contributed by atoms with van der Waals surface area (Å²) in [7, 11) is 3.12. The van der Waals surface area contributed by atoms with Crippen LogP contribution in [0.3, 0.4) is 0 Å². The lowest BCUT2D eigenvalue weighted by molar-refractivity contribution is 0.0732. The Morgan fingerprint density at radius 1 is 1.19 bits per heavy atom. The van der Waals surface area contributed by atoms with Crippen molar-refractivity contribution in [3.63, 3.8) is 0 Å². The molecule has 0 unspecified atom stereocenters. The Kier molecular flexibility index (Phi) is 5.63. The van der Waals surface area contributed by atoms with Crippen LogP contribution in [0.2, 0.25) is 0 Å². The lowest BCUT2D eigenvalue weighted by Gasteiger charge is -2.29. The third-order valence-electron chi connectivity index (χ3n) is 5.42. The highest BCUT2D eigenvalue weighted by atomic mass is 16.5. The molecule has 4 rings (SSSR count). The molecule has 0 saturated carbocycles. The normalized spacial score (nSPS) is 12.8. The molecule has 0 aliphatic carbocycles. The number of benzene rings is 1. The van der Waals surface area contributed by atoms with E-state index >= 15 is 0 Å². The van der Waals surface area contributed by atoms with E-state index in [4.69, 9.17) is 10.5 Å². The number of hydrogen-bond acceptors (Lipinski definition) is 6. The van der Waals surface area contributed by atoms with Crippen molar-refractivity contribution in [2.45, 2.75) is 13.0 Å². The minimum Gasteiger partial charge on any atom is -0.495 e. The van der Waals surface area contributed by atoms with Gasteiger partial charge in [0.15, 0.2) is 0 Å². The minimum atomic E-state index is -0.413. The van der Waals surface area contributed by atoms with Crippen LogP contribution in [0.25, 0.3) is 0 Å². The second-order valence-electron chi connectivity index (χ2n) is 7.53. The molecule has 1 aliphatic heterocycles. The van der Waals surface area contributed by atoms with Gasteiger partial charge >= 0.3 is 0 Å². The first kappa shape index (κ1) is 21.1. The number of carbonyl (C=O) groups is 2. The first-order valence-electron chi connectivity index (χ1n) is 10.1. The number of methoxy groups -OCH3 is 1. The van der Waals surface area contributed by atoms with Gasteiger partial charge in [-0.15, -0.1) is 0 Å². The summed E-state index contributed by atoms with van der Waals surface area (Å²) in [6, 6.07) is 11.6. The molecule has 3 heterocycles. The molecule has 0 spiro atoms. The van der Waals surface area contributed by atoms with E-state index in [0.717, 1.165) is 11.3 Å². The largest absolute Gasteiger partial charge is 0.495 e. The van der Waals surface area contributed by atoms with E-state index in [0.29, 0.717) is 36.5 Å². The lowest BCUT2D eigenvalue weighted by Crippen LogP contribution is -2.37. The third kappa shape index (κ3) is 4.04. The Bertz CT molecular complexity index is 1270. The number of nitrogens with zero attached hydrogens (tertiary/aromatic N) is 3. The number of fused-ring (bicyclic) bond motifs is 1. The highest BCUT2D eigenvalue weighted by Gasteiger charge is 2.25. The summed E-state index contributed by atoms with van der Waals surface area (Å²) in [5, 5.41) is 2.80. The third-order valence-corrected chi connectivity index (χ3v) is 5.42. The smallest absolute Gasteiger partial charge is 0.259 e. The van der Waals surface area contributed by atoms with Crippen molar-refractivity contribution in [1.82, 2.24) is 14.5 Å². The minimum absolute atomic E-state index is 0.133. The number of amides is 2. The van der Waals surface area contributed by atoms with Crippen molar-refractivity contribution in [2.75, 3.05) is 24.7 Å². The van der Waals surface area contributed by atoms with Crippen molar-refractivity contribution in [3.05, 3.63) is 81.4 Å². The van der Waals surface area contributed by atoms with Crippen molar-refractivity contribution < 1.29 is 14.3 Å². The molecule has 3 aromatic rings. The van der Waals surface area contributed by atoms with Crippen molar-refractivity contribution in [3.8, 4) is 5.75 Å². The van der Waals surface area contributed by atoms with Gasteiger partial charge in [0.25, 0.3) is 11.8 Å². The number of nitrogens with two attached hydrogens (primary N) is 1. The maximum atomic E-state index is 12.9. The van der Waals surface area contributed by atoms with Crippen LogP contribution in [-0.2, 0) is 20.0 Å². The fourth-order valence-electron chi connectivity index (χ4n) is 3.68. The molecule has 0 atom stereocenters. The Balaban J connectivity index is 1.58. The molecular weight excluding hydrogens is 410 g/mol. The molecule has 0 bridgehead atoms. The summed E-state index contributed by atoms with van der Waals surface area (Å²) in [5.74, 6) is 0.0558. The molecular formula is C23H23N5O4. The molecule has 1 aromatic carbocycles. The van der Waals surface area contributed by atoms with Crippen LogP contribution in [0, 0.1) is 0 Å². The van der Waals surface area contributed by atoms with Gasteiger partial charge in [0, 0.05) is 44.5 Å². The second-order valence-corrected chi connectivity index (χ2v) is 7.53. The van der Waals surface area contributed by atoms with Crippen LogP contribution in [0.5, 0.6) is 5.75 Å². The summed E-state index contributed by atoms with van der Waals surface area (Å²) in [5.41, 5.74) is 8.58. The van der Waals surface area contributed by atoms with Gasteiger partial charge in [0.05, 0.1) is 23.9 Å². The average molecular weight is 433 g/mol. The van der Waals surface area contributed by atoms with Gasteiger partial charge in [-0.25, -0.2) is 4.98 Å². The highest BCUT2D eigenvalue weighted by molar-refractivity contribution is 6.08. The van der Waals surface area contributed by atoms with Crippen LogP contribution in [0.1, 0.15) is 32.0 Å². The molecule has 9 nitrogen and oxygen atoms in total. The number of ether oxygens (including phenoxy) is 1. The first-order valence-corrected chi connectivity index (χ1v) is 10.1. The van der Waals surface area contributed by atoms with Crippen LogP contribution < -0.4 is 21.3 Å². The molecule has 9 heteroatoms.